The first-order chi connectivity index (χ1) is 9.30. The van der Waals surface area contributed by atoms with Gasteiger partial charge >= 0.3 is 7.12 Å². The van der Waals surface area contributed by atoms with Crippen LogP contribution in [0.1, 0.15) is 43.7 Å². The van der Waals surface area contributed by atoms with Crippen molar-refractivity contribution < 1.29 is 14.1 Å². The fraction of sp³-hybridized carbons (Fsp3) is 0.643. The normalized spacial score (nSPS) is 20.4. The van der Waals surface area contributed by atoms with Crippen molar-refractivity contribution in [3.8, 4) is 0 Å². The molecule has 2 N–H and O–H groups in total. The molecule has 0 saturated carbocycles. The maximum Gasteiger partial charge on any atom is 0.512 e. The molecule has 0 atom stereocenters. The molecule has 110 valence electrons. The SMILES string of the molecule is CNCCc1[nH]c(B2OC(C)(C)C(C)(C)O2)cc1C=O. The monoisotopic (exact) mass is 278 g/mol. The Morgan fingerprint density at radius 2 is 1.90 bits per heavy atom. The molecule has 0 bridgehead atoms. The van der Waals surface area contributed by atoms with Crippen LogP contribution in [0.4, 0.5) is 0 Å². The molecule has 0 aromatic carbocycles. The highest BCUT2D eigenvalue weighted by molar-refractivity contribution is 6.61. The van der Waals surface area contributed by atoms with Gasteiger partial charge in [0.15, 0.2) is 6.29 Å². The summed E-state index contributed by atoms with van der Waals surface area (Å²) >= 11 is 0. The van der Waals surface area contributed by atoms with Crippen molar-refractivity contribution in [1.82, 2.24) is 10.3 Å². The Morgan fingerprint density at radius 1 is 1.30 bits per heavy atom. The van der Waals surface area contributed by atoms with Crippen LogP contribution in [-0.4, -0.2) is 43.2 Å². The molecule has 1 aliphatic rings. The fourth-order valence-electron chi connectivity index (χ4n) is 2.20. The first kappa shape index (κ1) is 15.3. The molecule has 2 rings (SSSR count). The highest BCUT2D eigenvalue weighted by atomic mass is 16.7. The molecule has 0 aliphatic carbocycles. The molecule has 1 aliphatic heterocycles. The predicted molar refractivity (Wildman–Crippen MR) is 79.5 cm³/mol. The number of likely N-dealkylation sites (N-methyl/N-ethyl adjacent to an activating group) is 1. The van der Waals surface area contributed by atoms with Crippen LogP contribution in [0.25, 0.3) is 0 Å². The number of H-pyrrole nitrogens is 1. The second-order valence-electron chi connectivity index (χ2n) is 6.22. The van der Waals surface area contributed by atoms with Gasteiger partial charge in [-0.2, -0.15) is 0 Å². The molecule has 0 spiro atoms. The molecule has 1 aromatic rings. The maximum absolute atomic E-state index is 11.2. The molecule has 0 unspecified atom stereocenters. The molecular weight excluding hydrogens is 255 g/mol. The van der Waals surface area contributed by atoms with Gasteiger partial charge in [-0.05, 0) is 40.8 Å². The van der Waals surface area contributed by atoms with Crippen molar-refractivity contribution >= 4 is 19.0 Å². The zero-order valence-corrected chi connectivity index (χ0v) is 12.9. The highest BCUT2D eigenvalue weighted by Crippen LogP contribution is 2.36. The summed E-state index contributed by atoms with van der Waals surface area (Å²) in [5.41, 5.74) is 1.63. The Morgan fingerprint density at radius 3 is 2.40 bits per heavy atom. The third-order valence-corrected chi connectivity index (χ3v) is 4.21. The average molecular weight is 278 g/mol. The van der Waals surface area contributed by atoms with Crippen molar-refractivity contribution in [2.75, 3.05) is 13.6 Å². The van der Waals surface area contributed by atoms with Crippen molar-refractivity contribution in [2.45, 2.75) is 45.3 Å². The minimum atomic E-state index is -0.456. The van der Waals surface area contributed by atoms with Gasteiger partial charge in [0.2, 0.25) is 0 Å². The molecule has 1 saturated heterocycles. The number of aromatic nitrogens is 1. The third kappa shape index (κ3) is 2.68. The van der Waals surface area contributed by atoms with Gasteiger partial charge in [-0.25, -0.2) is 0 Å². The molecule has 5 nitrogen and oxygen atoms in total. The largest absolute Gasteiger partial charge is 0.512 e. The minimum absolute atomic E-state index is 0.380. The lowest BCUT2D eigenvalue weighted by molar-refractivity contribution is 0.00578. The topological polar surface area (TPSA) is 63.4 Å². The Hall–Kier alpha value is -1.11. The van der Waals surface area contributed by atoms with Crippen LogP contribution in [0.2, 0.25) is 0 Å². The van der Waals surface area contributed by atoms with Gasteiger partial charge in [0.25, 0.3) is 0 Å². The summed E-state index contributed by atoms with van der Waals surface area (Å²) < 4.78 is 12.0. The van der Waals surface area contributed by atoms with E-state index in [1.165, 1.54) is 0 Å². The Bertz CT molecular complexity index is 481. The predicted octanol–water partition coefficient (Wildman–Crippen LogP) is 0.888. The molecule has 6 heteroatoms. The third-order valence-electron chi connectivity index (χ3n) is 4.21. The Kier molecular flexibility index (Phi) is 4.09. The van der Waals surface area contributed by atoms with E-state index in [1.807, 2.05) is 40.8 Å². The second kappa shape index (κ2) is 5.35. The van der Waals surface area contributed by atoms with Gasteiger partial charge in [0, 0.05) is 29.8 Å². The van der Waals surface area contributed by atoms with Gasteiger partial charge in [-0.15, -0.1) is 0 Å². The number of hydrogen-bond acceptors (Lipinski definition) is 4. The summed E-state index contributed by atoms with van der Waals surface area (Å²) in [7, 11) is 1.43. The summed E-state index contributed by atoms with van der Waals surface area (Å²) in [6.07, 6.45) is 1.64. The van der Waals surface area contributed by atoms with Crippen LogP contribution in [0.3, 0.4) is 0 Å². The molecule has 1 aromatic heterocycles. The summed E-state index contributed by atoms with van der Waals surface area (Å²) in [5.74, 6) is 0. The van der Waals surface area contributed by atoms with Gasteiger partial charge in [0.05, 0.1) is 11.2 Å². The van der Waals surface area contributed by atoms with E-state index in [-0.39, 0.29) is 11.2 Å². The summed E-state index contributed by atoms with van der Waals surface area (Å²) in [5, 5.41) is 3.07. The maximum atomic E-state index is 11.2. The number of aldehydes is 1. The number of hydrogen-bond donors (Lipinski definition) is 2. The van der Waals surface area contributed by atoms with Crippen LogP contribution < -0.4 is 10.9 Å². The fourth-order valence-corrected chi connectivity index (χ4v) is 2.20. The quantitative estimate of drug-likeness (QED) is 0.620. The van der Waals surface area contributed by atoms with E-state index in [9.17, 15) is 4.79 Å². The van der Waals surface area contributed by atoms with Crippen LogP contribution >= 0.6 is 0 Å². The van der Waals surface area contributed by atoms with E-state index >= 15 is 0 Å². The van der Waals surface area contributed by atoms with E-state index in [0.717, 1.165) is 30.5 Å². The lowest BCUT2D eigenvalue weighted by Gasteiger charge is -2.32. The average Bonchev–Trinajstić information content (AvgIpc) is 2.86. The zero-order chi connectivity index (χ0) is 15.0. The zero-order valence-electron chi connectivity index (χ0n) is 12.9. The molecule has 2 heterocycles. The number of aromatic amines is 1. The van der Waals surface area contributed by atoms with Gasteiger partial charge in [-0.3, -0.25) is 4.79 Å². The van der Waals surface area contributed by atoms with Crippen molar-refractivity contribution in [3.05, 3.63) is 17.3 Å². The summed E-state index contributed by atoms with van der Waals surface area (Å²) in [4.78, 5) is 14.4. The number of rotatable bonds is 5. The van der Waals surface area contributed by atoms with E-state index in [1.54, 1.807) is 0 Å². The molecule has 1 fully saturated rings. The number of carbonyl (C=O) groups excluding carboxylic acids is 1. The minimum Gasteiger partial charge on any atom is -0.398 e. The first-order valence-electron chi connectivity index (χ1n) is 6.98. The van der Waals surface area contributed by atoms with Crippen LogP contribution in [0.15, 0.2) is 6.07 Å². The molecule has 0 amide bonds. The van der Waals surface area contributed by atoms with E-state index in [4.69, 9.17) is 9.31 Å². The van der Waals surface area contributed by atoms with Gasteiger partial charge < -0.3 is 19.6 Å². The Balaban J connectivity index is 2.22. The van der Waals surface area contributed by atoms with Crippen molar-refractivity contribution in [1.29, 1.82) is 0 Å². The number of nitrogens with one attached hydrogen (secondary N) is 2. The van der Waals surface area contributed by atoms with E-state index < -0.39 is 7.12 Å². The highest BCUT2D eigenvalue weighted by Gasteiger charge is 2.52. The standard InChI is InChI=1S/C14H23BN2O3/c1-13(2)14(3,4)20-15(19-13)12-8-10(9-18)11(17-12)6-7-16-5/h8-9,16-17H,6-7H2,1-5H3. The lowest BCUT2D eigenvalue weighted by atomic mass is 9.85. The Labute approximate surface area is 120 Å². The van der Waals surface area contributed by atoms with Gasteiger partial charge in [0.1, 0.15) is 0 Å². The van der Waals surface area contributed by atoms with Crippen LogP contribution in [0.5, 0.6) is 0 Å². The number of carbonyl (C=O) groups is 1. The second-order valence-corrected chi connectivity index (χ2v) is 6.22. The van der Waals surface area contributed by atoms with Crippen molar-refractivity contribution in [3.63, 3.8) is 0 Å². The lowest BCUT2D eigenvalue weighted by Crippen LogP contribution is -2.41. The van der Waals surface area contributed by atoms with E-state index in [2.05, 4.69) is 10.3 Å². The van der Waals surface area contributed by atoms with Crippen molar-refractivity contribution in [2.24, 2.45) is 0 Å². The molecule has 0 radical (unpaired) electrons. The van der Waals surface area contributed by atoms with E-state index in [0.29, 0.717) is 5.56 Å². The van der Waals surface area contributed by atoms with Crippen LogP contribution in [0, 0.1) is 0 Å². The summed E-state index contributed by atoms with van der Waals surface area (Å²) in [6, 6.07) is 1.82. The first-order valence-corrected chi connectivity index (χ1v) is 6.98. The van der Waals surface area contributed by atoms with Crippen LogP contribution in [-0.2, 0) is 15.7 Å². The molecule has 20 heavy (non-hydrogen) atoms. The smallest absolute Gasteiger partial charge is 0.398 e. The summed E-state index contributed by atoms with van der Waals surface area (Å²) in [6.45, 7) is 8.86. The molecular formula is C14H23BN2O3. The van der Waals surface area contributed by atoms with Gasteiger partial charge in [-0.1, -0.05) is 0 Å².